The van der Waals surface area contributed by atoms with E-state index >= 15 is 0 Å². The zero-order chi connectivity index (χ0) is 29.4. The Labute approximate surface area is 223 Å². The van der Waals surface area contributed by atoms with Crippen LogP contribution in [0.1, 0.15) is 36.4 Å². The third-order valence-corrected chi connectivity index (χ3v) is 5.70. The molecule has 0 saturated carbocycles. The summed E-state index contributed by atoms with van der Waals surface area (Å²) < 4.78 is 38.9. The Hall–Kier alpha value is -4.70. The number of rotatable bonds is 12. The molecule has 1 aromatic carbocycles. The van der Waals surface area contributed by atoms with Crippen molar-refractivity contribution in [2.45, 2.75) is 38.4 Å². The smallest absolute Gasteiger partial charge is 0.330 e. The molecule has 40 heavy (non-hydrogen) atoms. The van der Waals surface area contributed by atoms with Crippen molar-refractivity contribution in [2.24, 2.45) is 0 Å². The van der Waals surface area contributed by atoms with Crippen LogP contribution in [0.15, 0.2) is 55.8 Å². The van der Waals surface area contributed by atoms with Crippen molar-refractivity contribution in [1.82, 2.24) is 29.7 Å². The van der Waals surface area contributed by atoms with Gasteiger partial charge in [0.25, 0.3) is 11.1 Å². The lowest BCUT2D eigenvalue weighted by atomic mass is 10.1. The molecule has 2 amide bonds. The monoisotopic (exact) mass is 564 g/mol. The Morgan fingerprint density at radius 3 is 1.57 bits per heavy atom. The molecule has 3 aromatic rings. The molecule has 2 unspecified atom stereocenters. The van der Waals surface area contributed by atoms with Gasteiger partial charge in [-0.25, -0.2) is 9.59 Å². The molecule has 0 radical (unpaired) electrons. The van der Waals surface area contributed by atoms with Gasteiger partial charge in [0.2, 0.25) is 23.4 Å². The number of methoxy groups -OCH3 is 2. The van der Waals surface area contributed by atoms with Gasteiger partial charge in [0.15, 0.2) is 0 Å². The summed E-state index contributed by atoms with van der Waals surface area (Å²) in [6.45, 7) is 0.163. The minimum absolute atomic E-state index is 0.0817. The summed E-state index contributed by atoms with van der Waals surface area (Å²) in [7, 11) is 2.44. The lowest BCUT2D eigenvalue weighted by Gasteiger charge is -2.18. The highest BCUT2D eigenvalue weighted by Gasteiger charge is 2.19. The summed E-state index contributed by atoms with van der Waals surface area (Å²) in [5.41, 5.74) is -2.90. The maximum Gasteiger partial charge on any atom is 0.330 e. The molecule has 0 aliphatic heterocycles. The van der Waals surface area contributed by atoms with Crippen LogP contribution in [-0.2, 0) is 32.2 Å². The summed E-state index contributed by atoms with van der Waals surface area (Å²) in [6, 6.07) is 6.86. The third-order valence-electron chi connectivity index (χ3n) is 5.70. The molecule has 2 atom stereocenters. The number of H-pyrrole nitrogens is 2. The van der Waals surface area contributed by atoms with Crippen LogP contribution in [0.5, 0.6) is 0 Å². The van der Waals surface area contributed by atoms with E-state index in [1.165, 1.54) is 14.2 Å². The van der Waals surface area contributed by atoms with Gasteiger partial charge >= 0.3 is 11.4 Å². The standard InChI is InChI=1S/C24H26F2N6O8/c1-39-19(31-11-15(25)21(35)29-23(31)37)7-17(33)27-9-13-4-3-5-14(6-13)10-28-18(34)8-20(40-2)32-12-16(26)22(36)30-24(32)38/h3-6,11-12,19-20H,7-10H2,1-2H3,(H,27,33)(H,28,34)(H,29,35,37)(H,30,36,38). The highest BCUT2D eigenvalue weighted by molar-refractivity contribution is 5.76. The SMILES string of the molecule is COC(CC(=O)NCc1cccc(CNC(=O)CC(OC)n2cc(F)c(=O)[nH]c2=O)c1)n1cc(F)c(=O)[nH]c1=O. The maximum atomic E-state index is 13.6. The Balaban J connectivity index is 1.55. The molecule has 0 aliphatic carbocycles. The molecule has 4 N–H and O–H groups in total. The largest absolute Gasteiger partial charge is 0.361 e. The van der Waals surface area contributed by atoms with E-state index in [2.05, 4.69) is 10.6 Å². The first-order chi connectivity index (χ1) is 19.0. The summed E-state index contributed by atoms with van der Waals surface area (Å²) >= 11 is 0. The zero-order valence-electron chi connectivity index (χ0n) is 21.4. The van der Waals surface area contributed by atoms with Gasteiger partial charge in [-0.1, -0.05) is 24.3 Å². The van der Waals surface area contributed by atoms with Crippen LogP contribution in [0, 0.1) is 11.6 Å². The number of nitrogens with zero attached hydrogens (tertiary/aromatic N) is 2. The number of amides is 2. The van der Waals surface area contributed by atoms with Gasteiger partial charge in [-0.2, -0.15) is 8.78 Å². The molecule has 0 bridgehead atoms. The quantitative estimate of drug-likeness (QED) is 0.224. The van der Waals surface area contributed by atoms with Crippen LogP contribution >= 0.6 is 0 Å². The first-order valence-corrected chi connectivity index (χ1v) is 11.7. The van der Waals surface area contributed by atoms with Gasteiger partial charge < -0.3 is 20.1 Å². The Morgan fingerprint density at radius 1 is 0.800 bits per heavy atom. The maximum absolute atomic E-state index is 13.6. The topological polar surface area (TPSA) is 186 Å². The predicted molar refractivity (Wildman–Crippen MR) is 134 cm³/mol. The number of ether oxygens (including phenoxy) is 2. The van der Waals surface area contributed by atoms with E-state index in [1.54, 1.807) is 34.2 Å². The number of hydrogen-bond donors (Lipinski definition) is 4. The van der Waals surface area contributed by atoms with Crippen LogP contribution < -0.4 is 33.1 Å². The predicted octanol–water partition coefficient (Wildman–Crippen LogP) is -0.632. The summed E-state index contributed by atoms with van der Waals surface area (Å²) in [6.07, 6.45) is -1.71. The number of nitrogens with one attached hydrogen (secondary N) is 4. The van der Waals surface area contributed by atoms with E-state index in [0.717, 1.165) is 9.13 Å². The fraction of sp³-hybridized carbons (Fsp3) is 0.333. The molecule has 0 saturated heterocycles. The Bertz CT molecular complexity index is 1500. The summed E-state index contributed by atoms with van der Waals surface area (Å²) in [5, 5.41) is 5.29. The van der Waals surface area contributed by atoms with Gasteiger partial charge in [-0.3, -0.25) is 38.3 Å². The number of halogens is 2. The van der Waals surface area contributed by atoms with E-state index in [1.807, 2.05) is 0 Å². The fourth-order valence-corrected chi connectivity index (χ4v) is 3.65. The van der Waals surface area contributed by atoms with Crippen molar-refractivity contribution in [3.8, 4) is 0 Å². The molecule has 0 fully saturated rings. The lowest BCUT2D eigenvalue weighted by molar-refractivity contribution is -0.126. The average molecular weight is 565 g/mol. The van der Waals surface area contributed by atoms with Crippen LogP contribution in [0.4, 0.5) is 8.78 Å². The number of benzene rings is 1. The van der Waals surface area contributed by atoms with Crippen molar-refractivity contribution >= 4 is 11.8 Å². The van der Waals surface area contributed by atoms with E-state index in [-0.39, 0.29) is 25.9 Å². The Morgan fingerprint density at radius 2 is 1.20 bits per heavy atom. The number of aromatic nitrogens is 4. The lowest BCUT2D eigenvalue weighted by Crippen LogP contribution is -2.36. The second kappa shape index (κ2) is 13.4. The van der Waals surface area contributed by atoms with E-state index in [9.17, 15) is 37.5 Å². The van der Waals surface area contributed by atoms with Crippen molar-refractivity contribution in [2.75, 3.05) is 14.2 Å². The third kappa shape index (κ3) is 7.67. The molecular weight excluding hydrogens is 538 g/mol. The van der Waals surface area contributed by atoms with Crippen LogP contribution in [0.2, 0.25) is 0 Å². The fourth-order valence-electron chi connectivity index (χ4n) is 3.65. The number of aromatic amines is 2. The van der Waals surface area contributed by atoms with E-state index < -0.39 is 58.4 Å². The second-order valence-electron chi connectivity index (χ2n) is 8.45. The molecule has 16 heteroatoms. The molecule has 3 rings (SSSR count). The van der Waals surface area contributed by atoms with Crippen LogP contribution in [-0.4, -0.2) is 45.1 Å². The highest BCUT2D eigenvalue weighted by atomic mass is 19.1. The van der Waals surface area contributed by atoms with Crippen molar-refractivity contribution < 1.29 is 27.8 Å². The van der Waals surface area contributed by atoms with Crippen molar-refractivity contribution in [3.63, 3.8) is 0 Å². The molecule has 14 nitrogen and oxygen atoms in total. The molecule has 2 heterocycles. The number of hydrogen-bond acceptors (Lipinski definition) is 8. The molecule has 0 aliphatic rings. The van der Waals surface area contributed by atoms with Crippen LogP contribution in [0.3, 0.4) is 0 Å². The molecule has 2 aromatic heterocycles. The van der Waals surface area contributed by atoms with Crippen LogP contribution in [0.25, 0.3) is 0 Å². The average Bonchev–Trinajstić information content (AvgIpc) is 2.92. The van der Waals surface area contributed by atoms with Gasteiger partial charge in [-0.05, 0) is 11.1 Å². The molecule has 214 valence electrons. The minimum Gasteiger partial charge on any atom is -0.361 e. The van der Waals surface area contributed by atoms with Crippen molar-refractivity contribution in [3.05, 3.63) is 101 Å². The van der Waals surface area contributed by atoms with Gasteiger partial charge in [0.05, 0.1) is 25.2 Å². The van der Waals surface area contributed by atoms with Gasteiger partial charge in [0, 0.05) is 27.3 Å². The van der Waals surface area contributed by atoms with Gasteiger partial charge in [-0.15, -0.1) is 0 Å². The van der Waals surface area contributed by atoms with Crippen molar-refractivity contribution in [1.29, 1.82) is 0 Å². The Kier molecular flexibility index (Phi) is 9.99. The first kappa shape index (κ1) is 29.9. The highest BCUT2D eigenvalue weighted by Crippen LogP contribution is 2.12. The summed E-state index contributed by atoms with van der Waals surface area (Å²) in [5.74, 6) is -3.46. The van der Waals surface area contributed by atoms with E-state index in [0.29, 0.717) is 23.5 Å². The normalized spacial score (nSPS) is 12.5. The minimum atomic E-state index is -1.21. The summed E-state index contributed by atoms with van der Waals surface area (Å²) in [4.78, 5) is 74.8. The second-order valence-corrected chi connectivity index (χ2v) is 8.45. The van der Waals surface area contributed by atoms with Gasteiger partial charge in [0.1, 0.15) is 12.5 Å². The molecule has 0 spiro atoms. The number of carbonyl (C=O) groups is 2. The zero-order valence-corrected chi connectivity index (χ0v) is 21.4. The first-order valence-electron chi connectivity index (χ1n) is 11.7. The molecular formula is C24H26F2N6O8. The number of carbonyl (C=O) groups excluding carboxylic acids is 2. The van der Waals surface area contributed by atoms with E-state index in [4.69, 9.17) is 9.47 Å².